The van der Waals surface area contributed by atoms with Crippen molar-refractivity contribution >= 4 is 17.7 Å². The largest absolute Gasteiger partial charge is 0.358 e. The number of nitrogens with zero attached hydrogens (tertiary/aromatic N) is 4. The maximum atomic E-state index is 14.0. The van der Waals surface area contributed by atoms with Gasteiger partial charge in [0.2, 0.25) is 11.9 Å². The summed E-state index contributed by atoms with van der Waals surface area (Å²) in [5.41, 5.74) is 1.79. The van der Waals surface area contributed by atoms with Gasteiger partial charge in [0.15, 0.2) is 0 Å². The van der Waals surface area contributed by atoms with Gasteiger partial charge in [-0.2, -0.15) is 9.97 Å². The molecule has 3 aromatic heterocycles. The summed E-state index contributed by atoms with van der Waals surface area (Å²) in [7, 11) is 1.79. The number of aromatic nitrogens is 4. The van der Waals surface area contributed by atoms with E-state index in [-0.39, 0.29) is 11.9 Å². The lowest BCUT2D eigenvalue weighted by atomic mass is 9.84. The molecule has 1 aliphatic carbocycles. The quantitative estimate of drug-likeness (QED) is 0.266. The second-order valence-corrected chi connectivity index (χ2v) is 9.82. The highest BCUT2D eigenvalue weighted by molar-refractivity contribution is 5.85. The molecular formula is C30H35N7O. The second-order valence-electron chi connectivity index (χ2n) is 9.82. The Balaban J connectivity index is 1.44. The van der Waals surface area contributed by atoms with Gasteiger partial charge in [0.25, 0.3) is 0 Å². The summed E-state index contributed by atoms with van der Waals surface area (Å²) < 4.78 is 1.93. The lowest BCUT2D eigenvalue weighted by molar-refractivity contribution is -0.122. The lowest BCUT2D eigenvalue weighted by Crippen LogP contribution is -2.43. The number of rotatable bonds is 10. The summed E-state index contributed by atoms with van der Waals surface area (Å²) in [4.78, 5) is 27.8. The molecule has 3 N–H and O–H groups in total. The van der Waals surface area contributed by atoms with Crippen molar-refractivity contribution in [3.63, 3.8) is 0 Å². The van der Waals surface area contributed by atoms with Crippen LogP contribution in [-0.4, -0.2) is 38.5 Å². The van der Waals surface area contributed by atoms with Crippen molar-refractivity contribution in [2.75, 3.05) is 17.7 Å². The molecule has 1 unspecified atom stereocenters. The fraction of sp³-hybridized carbons (Fsp3) is 0.333. The van der Waals surface area contributed by atoms with Crippen LogP contribution in [0.5, 0.6) is 0 Å². The smallest absolute Gasteiger partial charge is 0.243 e. The monoisotopic (exact) mass is 509 g/mol. The number of carbonyl (C=O) groups is 1. The molecule has 5 rings (SSSR count). The van der Waals surface area contributed by atoms with Gasteiger partial charge in [0.05, 0.1) is 11.7 Å². The zero-order chi connectivity index (χ0) is 26.2. The van der Waals surface area contributed by atoms with Crippen LogP contribution in [0.25, 0.3) is 5.82 Å². The molecule has 1 aliphatic rings. The first-order valence-electron chi connectivity index (χ1n) is 13.4. The molecule has 3 heterocycles. The minimum atomic E-state index is -0.454. The van der Waals surface area contributed by atoms with Gasteiger partial charge < -0.3 is 20.5 Å². The van der Waals surface area contributed by atoms with E-state index >= 15 is 0 Å². The van der Waals surface area contributed by atoms with Gasteiger partial charge in [-0.3, -0.25) is 9.78 Å². The van der Waals surface area contributed by atoms with Gasteiger partial charge in [-0.1, -0.05) is 68.5 Å². The highest BCUT2D eigenvalue weighted by atomic mass is 16.2. The van der Waals surface area contributed by atoms with E-state index < -0.39 is 6.04 Å². The molecule has 8 nitrogen and oxygen atoms in total. The molecule has 4 aromatic rings. The summed E-state index contributed by atoms with van der Waals surface area (Å²) in [5.74, 6) is 2.25. The van der Waals surface area contributed by atoms with E-state index in [2.05, 4.69) is 30.9 Å². The zero-order valence-electron chi connectivity index (χ0n) is 21.8. The number of hydrogen-bond acceptors (Lipinski definition) is 6. The van der Waals surface area contributed by atoms with Crippen LogP contribution in [0.2, 0.25) is 0 Å². The highest BCUT2D eigenvalue weighted by Gasteiger charge is 2.28. The average Bonchev–Trinajstić information content (AvgIpc) is 3.52. The molecule has 1 fully saturated rings. The molecule has 0 saturated heterocycles. The van der Waals surface area contributed by atoms with Gasteiger partial charge in [0, 0.05) is 31.7 Å². The number of anilines is 2. The molecule has 1 amide bonds. The van der Waals surface area contributed by atoms with E-state index in [4.69, 9.17) is 0 Å². The van der Waals surface area contributed by atoms with Crippen molar-refractivity contribution in [1.82, 2.24) is 24.8 Å². The minimum Gasteiger partial charge on any atom is -0.358 e. The van der Waals surface area contributed by atoms with Gasteiger partial charge >= 0.3 is 0 Å². The third-order valence-electron chi connectivity index (χ3n) is 7.14. The van der Waals surface area contributed by atoms with Crippen molar-refractivity contribution in [3.8, 4) is 5.82 Å². The summed E-state index contributed by atoms with van der Waals surface area (Å²) in [6.07, 6.45) is 12.4. The fourth-order valence-electron chi connectivity index (χ4n) is 5.17. The van der Waals surface area contributed by atoms with Crippen LogP contribution in [0.1, 0.15) is 55.8 Å². The van der Waals surface area contributed by atoms with Crippen LogP contribution in [0.15, 0.2) is 85.3 Å². The predicted octanol–water partition coefficient (Wildman–Crippen LogP) is 5.36. The van der Waals surface area contributed by atoms with Crippen LogP contribution < -0.4 is 16.0 Å². The van der Waals surface area contributed by atoms with Gasteiger partial charge in [-0.15, -0.1) is 0 Å². The molecule has 1 aromatic carbocycles. The SMILES string of the molecule is CNc1nc(N[C@H](CC2CCCCC2)C(=O)NC(c2ccccc2)c2ccccn2)cc(-n2cccc2)n1. The number of pyridine rings is 1. The van der Waals surface area contributed by atoms with Crippen molar-refractivity contribution in [2.45, 2.75) is 50.6 Å². The number of amides is 1. The molecule has 0 bridgehead atoms. The van der Waals surface area contributed by atoms with Crippen molar-refractivity contribution < 1.29 is 4.79 Å². The summed E-state index contributed by atoms with van der Waals surface area (Å²) in [6, 6.07) is 20.8. The summed E-state index contributed by atoms with van der Waals surface area (Å²) in [6.45, 7) is 0. The molecule has 0 radical (unpaired) electrons. The first-order valence-corrected chi connectivity index (χ1v) is 13.4. The van der Waals surface area contributed by atoms with E-state index in [0.717, 1.165) is 36.3 Å². The Morgan fingerprint density at radius 3 is 2.45 bits per heavy atom. The highest BCUT2D eigenvalue weighted by Crippen LogP contribution is 2.29. The van der Waals surface area contributed by atoms with E-state index in [9.17, 15) is 4.79 Å². The topological polar surface area (TPSA) is 96.8 Å². The minimum absolute atomic E-state index is 0.0674. The van der Waals surface area contributed by atoms with Crippen molar-refractivity contribution in [1.29, 1.82) is 0 Å². The molecule has 38 heavy (non-hydrogen) atoms. The van der Waals surface area contributed by atoms with Crippen molar-refractivity contribution in [3.05, 3.63) is 96.6 Å². The van der Waals surface area contributed by atoms with E-state index in [1.807, 2.05) is 83.7 Å². The molecule has 2 atom stereocenters. The molecular weight excluding hydrogens is 474 g/mol. The third kappa shape index (κ3) is 6.37. The fourth-order valence-corrected chi connectivity index (χ4v) is 5.17. The predicted molar refractivity (Wildman–Crippen MR) is 150 cm³/mol. The Morgan fingerprint density at radius 1 is 0.974 bits per heavy atom. The summed E-state index contributed by atoms with van der Waals surface area (Å²) >= 11 is 0. The van der Waals surface area contributed by atoms with Gasteiger partial charge in [-0.05, 0) is 42.2 Å². The lowest BCUT2D eigenvalue weighted by Gasteiger charge is -2.29. The summed E-state index contributed by atoms with van der Waals surface area (Å²) in [5, 5.41) is 9.82. The zero-order valence-corrected chi connectivity index (χ0v) is 21.8. The van der Waals surface area contributed by atoms with Gasteiger partial charge in [0.1, 0.15) is 17.7 Å². The Hall–Kier alpha value is -4.20. The Labute approximate surface area is 224 Å². The Kier molecular flexibility index (Phi) is 8.28. The van der Waals surface area contributed by atoms with Gasteiger partial charge in [-0.25, -0.2) is 0 Å². The number of benzene rings is 1. The van der Waals surface area contributed by atoms with E-state index in [0.29, 0.717) is 17.7 Å². The Morgan fingerprint density at radius 2 is 1.74 bits per heavy atom. The molecule has 0 aliphatic heterocycles. The second kappa shape index (κ2) is 12.4. The van der Waals surface area contributed by atoms with Crippen LogP contribution in [0.3, 0.4) is 0 Å². The number of hydrogen-bond donors (Lipinski definition) is 3. The number of nitrogens with one attached hydrogen (secondary N) is 3. The van der Waals surface area contributed by atoms with E-state index in [1.54, 1.807) is 13.2 Å². The van der Waals surface area contributed by atoms with Crippen LogP contribution >= 0.6 is 0 Å². The molecule has 0 spiro atoms. The third-order valence-corrected chi connectivity index (χ3v) is 7.14. The molecule has 1 saturated carbocycles. The van der Waals surface area contributed by atoms with E-state index in [1.165, 1.54) is 19.3 Å². The standard InChI is InChI=1S/C30H35N7O/c1-31-30-34-26(21-27(35-30)37-18-10-11-19-37)33-25(20-22-12-4-2-5-13-22)29(38)36-28(23-14-6-3-7-15-23)24-16-8-9-17-32-24/h3,6-11,14-19,21-22,25,28H,2,4-5,12-13,20H2,1H3,(H,36,38)(H2,31,33,34,35)/t25-,28?/m1/s1. The van der Waals surface area contributed by atoms with Crippen molar-refractivity contribution in [2.24, 2.45) is 5.92 Å². The van der Waals surface area contributed by atoms with Crippen LogP contribution in [0.4, 0.5) is 11.8 Å². The number of carbonyl (C=O) groups excluding carboxylic acids is 1. The maximum Gasteiger partial charge on any atom is 0.243 e. The van der Waals surface area contributed by atoms with Crippen LogP contribution in [-0.2, 0) is 4.79 Å². The van der Waals surface area contributed by atoms with Crippen LogP contribution in [0, 0.1) is 5.92 Å². The molecule has 196 valence electrons. The first kappa shape index (κ1) is 25.4. The molecule has 8 heteroatoms. The average molecular weight is 510 g/mol. The first-order chi connectivity index (χ1) is 18.7. The normalized spacial score (nSPS) is 15.4. The maximum absolute atomic E-state index is 14.0. The Bertz CT molecular complexity index is 1250.